The number of anilines is 1. The molecule has 0 radical (unpaired) electrons. The monoisotopic (exact) mass is 303 g/mol. The van der Waals surface area contributed by atoms with Gasteiger partial charge in [-0.05, 0) is 6.42 Å². The average Bonchev–Trinajstić information content (AvgIpc) is 3.13. The summed E-state index contributed by atoms with van der Waals surface area (Å²) in [6.45, 7) is 2.87. The molecular formula is C14H17N5O3. The van der Waals surface area contributed by atoms with Crippen molar-refractivity contribution in [2.45, 2.75) is 18.9 Å². The number of aliphatic hydroxyl groups is 1. The molecule has 8 heteroatoms. The Hall–Kier alpha value is -2.48. The predicted molar refractivity (Wildman–Crippen MR) is 77.4 cm³/mol. The van der Waals surface area contributed by atoms with Crippen molar-refractivity contribution in [2.75, 3.05) is 24.5 Å². The number of nitrogens with one attached hydrogen (secondary N) is 1. The van der Waals surface area contributed by atoms with Gasteiger partial charge in [0.05, 0.1) is 6.20 Å². The highest BCUT2D eigenvalue weighted by Crippen LogP contribution is 2.24. The third kappa shape index (κ3) is 3.06. The van der Waals surface area contributed by atoms with Crippen LogP contribution >= 0.6 is 0 Å². The molecule has 0 bridgehead atoms. The van der Waals surface area contributed by atoms with E-state index in [0.29, 0.717) is 25.4 Å². The van der Waals surface area contributed by atoms with Gasteiger partial charge in [0.15, 0.2) is 11.6 Å². The second-order valence-corrected chi connectivity index (χ2v) is 5.39. The molecule has 1 amide bonds. The largest absolute Gasteiger partial charge is 0.448 e. The Kier molecular flexibility index (Phi) is 3.76. The summed E-state index contributed by atoms with van der Waals surface area (Å²) in [7, 11) is 0. The third-order valence-corrected chi connectivity index (χ3v) is 3.64. The molecular weight excluding hydrogens is 286 g/mol. The number of rotatable bonds is 4. The molecule has 1 saturated heterocycles. The zero-order valence-corrected chi connectivity index (χ0v) is 12.2. The number of aryl methyl sites for hydroxylation is 1. The van der Waals surface area contributed by atoms with Crippen LogP contribution in [0.25, 0.3) is 0 Å². The van der Waals surface area contributed by atoms with Gasteiger partial charge < -0.3 is 19.7 Å². The zero-order chi connectivity index (χ0) is 15.6. The van der Waals surface area contributed by atoms with Crippen LogP contribution in [0.1, 0.15) is 22.8 Å². The summed E-state index contributed by atoms with van der Waals surface area (Å²) in [4.78, 5) is 26.1. The quantitative estimate of drug-likeness (QED) is 0.828. The molecule has 2 aromatic rings. The van der Waals surface area contributed by atoms with Gasteiger partial charge in [-0.1, -0.05) is 0 Å². The Morgan fingerprint density at radius 2 is 2.41 bits per heavy atom. The third-order valence-electron chi connectivity index (χ3n) is 3.64. The fraction of sp³-hybridized carbons (Fsp3) is 0.429. The Bertz CT molecular complexity index is 660. The fourth-order valence-electron chi connectivity index (χ4n) is 2.45. The summed E-state index contributed by atoms with van der Waals surface area (Å²) in [6, 6.07) is 0. The molecule has 3 rings (SSSR count). The normalized spacial score (nSPS) is 21.1. The minimum Gasteiger partial charge on any atom is -0.448 e. The number of nitrogens with zero attached hydrogens (tertiary/aromatic N) is 4. The molecule has 8 nitrogen and oxygen atoms in total. The molecule has 0 unspecified atom stereocenters. The van der Waals surface area contributed by atoms with E-state index in [1.807, 2.05) is 4.90 Å². The summed E-state index contributed by atoms with van der Waals surface area (Å²) in [5, 5.41) is 13.3. The van der Waals surface area contributed by atoms with Crippen molar-refractivity contribution in [3.8, 4) is 0 Å². The van der Waals surface area contributed by atoms with E-state index in [1.54, 1.807) is 25.5 Å². The first kappa shape index (κ1) is 14.5. The van der Waals surface area contributed by atoms with Crippen molar-refractivity contribution in [1.29, 1.82) is 0 Å². The van der Waals surface area contributed by atoms with Crippen LogP contribution in [0.5, 0.6) is 0 Å². The molecule has 0 saturated carbocycles. The Morgan fingerprint density at radius 1 is 1.55 bits per heavy atom. The lowest BCUT2D eigenvalue weighted by atomic mass is 10.0. The van der Waals surface area contributed by atoms with Crippen molar-refractivity contribution in [3.05, 3.63) is 36.4 Å². The highest BCUT2D eigenvalue weighted by atomic mass is 16.3. The van der Waals surface area contributed by atoms with Gasteiger partial charge in [-0.25, -0.2) is 9.97 Å². The number of carbonyl (C=O) groups is 1. The van der Waals surface area contributed by atoms with E-state index in [-0.39, 0.29) is 18.1 Å². The SMILES string of the molecule is Cc1nc(C(=O)NC[C@]2(O)CCN(c3cnccn3)C2)co1. The number of hydrogen-bond donors (Lipinski definition) is 2. The topological polar surface area (TPSA) is 104 Å². The molecule has 3 heterocycles. The summed E-state index contributed by atoms with van der Waals surface area (Å²) < 4.78 is 5.00. The number of β-amino-alcohol motifs (C(OH)–C–C–N with tert-alkyl or cyclic N) is 1. The van der Waals surface area contributed by atoms with Gasteiger partial charge in [0.1, 0.15) is 17.7 Å². The van der Waals surface area contributed by atoms with Crippen LogP contribution in [-0.2, 0) is 0 Å². The summed E-state index contributed by atoms with van der Waals surface area (Å²) in [5.74, 6) is 0.790. The smallest absolute Gasteiger partial charge is 0.273 e. The van der Waals surface area contributed by atoms with Crippen molar-refractivity contribution in [1.82, 2.24) is 20.3 Å². The maximum Gasteiger partial charge on any atom is 0.273 e. The number of amides is 1. The first-order chi connectivity index (χ1) is 10.6. The average molecular weight is 303 g/mol. The molecule has 1 aliphatic rings. The zero-order valence-electron chi connectivity index (χ0n) is 12.2. The molecule has 0 aliphatic carbocycles. The van der Waals surface area contributed by atoms with Gasteiger partial charge in [0.25, 0.3) is 5.91 Å². The van der Waals surface area contributed by atoms with Gasteiger partial charge in [-0.15, -0.1) is 0 Å². The Labute approximate surface area is 127 Å². The number of oxazole rings is 1. The van der Waals surface area contributed by atoms with E-state index < -0.39 is 5.60 Å². The van der Waals surface area contributed by atoms with Crippen LogP contribution in [0.2, 0.25) is 0 Å². The van der Waals surface area contributed by atoms with Crippen LogP contribution in [0, 0.1) is 6.92 Å². The summed E-state index contributed by atoms with van der Waals surface area (Å²) in [6.07, 6.45) is 6.71. The van der Waals surface area contributed by atoms with Gasteiger partial charge in [0, 0.05) is 39.0 Å². The van der Waals surface area contributed by atoms with Crippen LogP contribution in [-0.4, -0.2) is 51.2 Å². The van der Waals surface area contributed by atoms with Crippen molar-refractivity contribution in [2.24, 2.45) is 0 Å². The highest BCUT2D eigenvalue weighted by molar-refractivity contribution is 5.91. The van der Waals surface area contributed by atoms with Gasteiger partial charge in [-0.2, -0.15) is 0 Å². The number of aromatic nitrogens is 3. The van der Waals surface area contributed by atoms with Crippen LogP contribution in [0.3, 0.4) is 0 Å². The molecule has 2 N–H and O–H groups in total. The molecule has 1 aliphatic heterocycles. The second kappa shape index (κ2) is 5.72. The molecule has 2 aromatic heterocycles. The molecule has 0 spiro atoms. The number of carbonyl (C=O) groups excluding carboxylic acids is 1. The van der Waals surface area contributed by atoms with Crippen molar-refractivity contribution < 1.29 is 14.3 Å². The maximum atomic E-state index is 11.9. The molecule has 0 aromatic carbocycles. The molecule has 22 heavy (non-hydrogen) atoms. The lowest BCUT2D eigenvalue weighted by Crippen LogP contribution is -2.45. The van der Waals surface area contributed by atoms with Gasteiger partial charge in [0.2, 0.25) is 0 Å². The van der Waals surface area contributed by atoms with Gasteiger partial charge in [-0.3, -0.25) is 9.78 Å². The van der Waals surface area contributed by atoms with Gasteiger partial charge >= 0.3 is 0 Å². The van der Waals surface area contributed by atoms with E-state index in [1.165, 1.54) is 6.26 Å². The van der Waals surface area contributed by atoms with Crippen LogP contribution in [0.15, 0.2) is 29.3 Å². The lowest BCUT2D eigenvalue weighted by Gasteiger charge is -2.23. The summed E-state index contributed by atoms with van der Waals surface area (Å²) >= 11 is 0. The standard InChI is InChI=1S/C14H17N5O3/c1-10-18-11(7-22-10)13(20)17-8-14(21)2-5-19(9-14)12-6-15-3-4-16-12/h3-4,6-7,21H,2,5,8-9H2,1H3,(H,17,20)/t14-/m1/s1. The van der Waals surface area contributed by atoms with E-state index >= 15 is 0 Å². The minimum absolute atomic E-state index is 0.147. The summed E-state index contributed by atoms with van der Waals surface area (Å²) in [5.41, 5.74) is -0.781. The predicted octanol–water partition coefficient (Wildman–Crippen LogP) is 0.144. The van der Waals surface area contributed by atoms with E-state index in [2.05, 4.69) is 20.3 Å². The van der Waals surface area contributed by atoms with Crippen molar-refractivity contribution in [3.63, 3.8) is 0 Å². The Morgan fingerprint density at radius 3 is 3.09 bits per heavy atom. The van der Waals surface area contributed by atoms with E-state index in [9.17, 15) is 9.90 Å². The van der Waals surface area contributed by atoms with E-state index in [4.69, 9.17) is 4.42 Å². The molecule has 116 valence electrons. The van der Waals surface area contributed by atoms with E-state index in [0.717, 1.165) is 5.82 Å². The molecule has 1 atom stereocenters. The highest BCUT2D eigenvalue weighted by Gasteiger charge is 2.37. The van der Waals surface area contributed by atoms with Crippen LogP contribution in [0.4, 0.5) is 5.82 Å². The first-order valence-corrected chi connectivity index (χ1v) is 6.99. The fourth-order valence-corrected chi connectivity index (χ4v) is 2.45. The first-order valence-electron chi connectivity index (χ1n) is 6.99. The van der Waals surface area contributed by atoms with Crippen LogP contribution < -0.4 is 10.2 Å². The van der Waals surface area contributed by atoms with Crippen molar-refractivity contribution >= 4 is 11.7 Å². The minimum atomic E-state index is -0.994. The molecule has 1 fully saturated rings. The Balaban J connectivity index is 1.58. The number of hydrogen-bond acceptors (Lipinski definition) is 7. The second-order valence-electron chi connectivity index (χ2n) is 5.39. The lowest BCUT2D eigenvalue weighted by molar-refractivity contribution is 0.0574. The maximum absolute atomic E-state index is 11.9.